The molecule has 1 heterocycles. The highest BCUT2D eigenvalue weighted by atomic mass is 79.9. The Morgan fingerprint density at radius 1 is 0.842 bits per heavy atom. The topological polar surface area (TPSA) is 43.4 Å². The smallest absolute Gasteiger partial charge is 0.141 e. The van der Waals surface area contributed by atoms with Gasteiger partial charge in [0.2, 0.25) is 0 Å². The van der Waals surface area contributed by atoms with Gasteiger partial charge in [-0.05, 0) is 85.8 Å². The van der Waals surface area contributed by atoms with Crippen molar-refractivity contribution in [3.05, 3.63) is 54.9 Å². The molecule has 6 nitrogen and oxygen atoms in total. The molecule has 2 aromatic rings. The predicted molar refractivity (Wildman–Crippen MR) is 160 cm³/mol. The van der Waals surface area contributed by atoms with Crippen LogP contribution in [0.25, 0.3) is 0 Å². The molecule has 0 saturated carbocycles. The van der Waals surface area contributed by atoms with Gasteiger partial charge in [-0.3, -0.25) is 0 Å². The summed E-state index contributed by atoms with van der Waals surface area (Å²) in [6.45, 7) is 7.34. The number of hydrogen-bond acceptors (Lipinski definition) is 6. The molecule has 212 valence electrons. The van der Waals surface area contributed by atoms with Gasteiger partial charge in [-0.25, -0.2) is 0 Å². The van der Waals surface area contributed by atoms with Crippen LogP contribution in [-0.2, 0) is 15.9 Å². The van der Waals surface area contributed by atoms with E-state index in [-0.39, 0.29) is 0 Å². The Kier molecular flexibility index (Phi) is 14.3. The largest absolute Gasteiger partial charge is 0.490 e. The highest BCUT2D eigenvalue weighted by Crippen LogP contribution is 2.39. The van der Waals surface area contributed by atoms with Crippen molar-refractivity contribution in [2.24, 2.45) is 0 Å². The molecule has 1 aliphatic heterocycles. The first-order valence-corrected chi connectivity index (χ1v) is 15.0. The molecule has 38 heavy (non-hydrogen) atoms. The number of rotatable bonds is 16. The van der Waals surface area contributed by atoms with Crippen LogP contribution in [0.1, 0.15) is 30.4 Å². The average molecular weight is 653 g/mol. The molecule has 2 aromatic carbocycles. The number of piperidine rings is 1. The minimum Gasteiger partial charge on any atom is -0.490 e. The van der Waals surface area contributed by atoms with Gasteiger partial charge in [0.05, 0.1) is 35.9 Å². The fraction of sp³-hybridized carbons (Fsp3) is 0.571. The number of benzene rings is 2. The molecule has 1 saturated heterocycles. The van der Waals surface area contributed by atoms with Crippen LogP contribution in [0.3, 0.4) is 0 Å². The summed E-state index contributed by atoms with van der Waals surface area (Å²) in [5, 5.41) is 1.58. The Hall–Kier alpha value is -0.770. The third-order valence-corrected chi connectivity index (χ3v) is 7.97. The Balaban J connectivity index is 1.56. The number of likely N-dealkylation sites (tertiary alicyclic amines) is 1. The molecule has 1 aliphatic rings. The van der Waals surface area contributed by atoms with E-state index in [0.29, 0.717) is 66.0 Å². The predicted octanol–water partition coefficient (Wildman–Crippen LogP) is 6.84. The van der Waals surface area contributed by atoms with E-state index < -0.39 is 0 Å². The second-order valence-electron chi connectivity index (χ2n) is 9.52. The number of nitrogens with zero attached hydrogens (tertiary/aromatic N) is 2. The summed E-state index contributed by atoms with van der Waals surface area (Å²) >= 11 is 23.1. The summed E-state index contributed by atoms with van der Waals surface area (Å²) in [5.74, 6) is 1.28. The molecule has 0 atom stereocenters. The van der Waals surface area contributed by atoms with E-state index in [1.807, 2.05) is 32.3 Å². The molecule has 0 radical (unpaired) electrons. The molecular weight excluding hydrogens is 615 g/mol. The second kappa shape index (κ2) is 17.1. The minimum atomic E-state index is 0.373. The maximum atomic E-state index is 6.60. The average Bonchev–Trinajstić information content (AvgIpc) is 2.88. The summed E-state index contributed by atoms with van der Waals surface area (Å²) in [4.78, 5) is 4.53. The van der Waals surface area contributed by atoms with Crippen LogP contribution in [0.5, 0.6) is 11.5 Å². The van der Waals surface area contributed by atoms with E-state index in [2.05, 4.69) is 25.7 Å². The monoisotopic (exact) mass is 650 g/mol. The fourth-order valence-electron chi connectivity index (χ4n) is 4.19. The van der Waals surface area contributed by atoms with Crippen LogP contribution in [0.15, 0.2) is 28.7 Å². The Bertz CT molecular complexity index is 1010. The van der Waals surface area contributed by atoms with Gasteiger partial charge in [0.25, 0.3) is 0 Å². The number of likely N-dealkylation sites (N-methyl/N-ethyl adjacent to an activating group) is 1. The van der Waals surface area contributed by atoms with Crippen molar-refractivity contribution in [3.63, 3.8) is 0 Å². The van der Waals surface area contributed by atoms with E-state index in [1.165, 1.54) is 32.4 Å². The molecule has 1 fully saturated rings. The number of ether oxygens (including phenoxy) is 4. The standard InChI is InChI=1S/C28H38BrCl3N2O4/c1-33(2)10-12-35-15-17-38-28-21(18-22(30)20-25(28)32)19-23-24(31)6-7-26(27(23)29)37-16-14-36-13-11-34-8-4-3-5-9-34/h6-7,18,20H,3-5,8-17,19H2,1-2H3. The van der Waals surface area contributed by atoms with Gasteiger partial charge in [-0.1, -0.05) is 41.2 Å². The van der Waals surface area contributed by atoms with E-state index in [9.17, 15) is 0 Å². The van der Waals surface area contributed by atoms with Gasteiger partial charge in [0.15, 0.2) is 0 Å². The van der Waals surface area contributed by atoms with Gasteiger partial charge in [0.1, 0.15) is 24.7 Å². The minimum absolute atomic E-state index is 0.373. The lowest BCUT2D eigenvalue weighted by atomic mass is 10.0. The SMILES string of the molecule is CN(C)CCOCCOc1c(Cl)cc(Cl)cc1Cc1c(Cl)ccc(OCCOCCN2CCCCC2)c1Br. The first-order valence-electron chi connectivity index (χ1n) is 13.1. The molecule has 0 spiro atoms. The third kappa shape index (κ3) is 10.7. The first-order chi connectivity index (χ1) is 18.3. The lowest BCUT2D eigenvalue weighted by molar-refractivity contribution is 0.0749. The fourth-order valence-corrected chi connectivity index (χ4v) is 5.72. The van der Waals surface area contributed by atoms with Crippen LogP contribution in [0, 0.1) is 0 Å². The summed E-state index contributed by atoms with van der Waals surface area (Å²) < 4.78 is 24.3. The molecular formula is C28H38BrCl3N2O4. The van der Waals surface area contributed by atoms with E-state index in [1.54, 1.807) is 6.07 Å². The van der Waals surface area contributed by atoms with Crippen molar-refractivity contribution in [1.82, 2.24) is 9.80 Å². The van der Waals surface area contributed by atoms with Gasteiger partial charge < -0.3 is 28.7 Å². The van der Waals surface area contributed by atoms with Crippen molar-refractivity contribution in [2.75, 3.05) is 79.9 Å². The maximum absolute atomic E-state index is 6.60. The Morgan fingerprint density at radius 2 is 1.55 bits per heavy atom. The van der Waals surface area contributed by atoms with Gasteiger partial charge in [-0.15, -0.1) is 0 Å². The first kappa shape index (κ1) is 31.8. The van der Waals surface area contributed by atoms with Crippen molar-refractivity contribution in [3.8, 4) is 11.5 Å². The van der Waals surface area contributed by atoms with Crippen molar-refractivity contribution >= 4 is 50.7 Å². The van der Waals surface area contributed by atoms with Crippen LogP contribution >= 0.6 is 50.7 Å². The second-order valence-corrected chi connectivity index (χ2v) is 11.6. The molecule has 10 heteroatoms. The quantitative estimate of drug-likeness (QED) is 0.185. The Labute approximate surface area is 250 Å². The zero-order valence-corrected chi connectivity index (χ0v) is 26.1. The van der Waals surface area contributed by atoms with Crippen LogP contribution < -0.4 is 9.47 Å². The van der Waals surface area contributed by atoms with Crippen molar-refractivity contribution in [2.45, 2.75) is 25.7 Å². The van der Waals surface area contributed by atoms with E-state index >= 15 is 0 Å². The molecule has 0 amide bonds. The van der Waals surface area contributed by atoms with Gasteiger partial charge >= 0.3 is 0 Å². The van der Waals surface area contributed by atoms with Crippen LogP contribution in [-0.4, -0.2) is 89.7 Å². The summed E-state index contributed by atoms with van der Waals surface area (Å²) in [7, 11) is 4.02. The highest BCUT2D eigenvalue weighted by molar-refractivity contribution is 9.10. The summed E-state index contributed by atoms with van der Waals surface area (Å²) in [6, 6.07) is 7.22. The highest BCUT2D eigenvalue weighted by Gasteiger charge is 2.17. The lowest BCUT2D eigenvalue weighted by Crippen LogP contribution is -2.32. The molecule has 0 aliphatic carbocycles. The zero-order valence-electron chi connectivity index (χ0n) is 22.2. The molecule has 0 bridgehead atoms. The molecule has 0 N–H and O–H groups in total. The van der Waals surface area contributed by atoms with Gasteiger partial charge in [-0.2, -0.15) is 0 Å². The molecule has 0 aromatic heterocycles. The summed E-state index contributed by atoms with van der Waals surface area (Å²) in [5.41, 5.74) is 1.69. The third-order valence-electron chi connectivity index (χ3n) is 6.25. The van der Waals surface area contributed by atoms with E-state index in [4.69, 9.17) is 53.8 Å². The number of halogens is 4. The molecule has 3 rings (SSSR count). The summed E-state index contributed by atoms with van der Waals surface area (Å²) in [6.07, 6.45) is 4.38. The lowest BCUT2D eigenvalue weighted by Gasteiger charge is -2.26. The van der Waals surface area contributed by atoms with Crippen molar-refractivity contribution in [1.29, 1.82) is 0 Å². The number of hydrogen-bond donors (Lipinski definition) is 0. The van der Waals surface area contributed by atoms with Crippen LogP contribution in [0.4, 0.5) is 0 Å². The van der Waals surface area contributed by atoms with E-state index in [0.717, 1.165) is 35.3 Å². The Morgan fingerprint density at radius 3 is 2.29 bits per heavy atom. The van der Waals surface area contributed by atoms with Gasteiger partial charge in [0, 0.05) is 35.1 Å². The maximum Gasteiger partial charge on any atom is 0.141 e. The van der Waals surface area contributed by atoms with Crippen molar-refractivity contribution < 1.29 is 18.9 Å². The van der Waals surface area contributed by atoms with Crippen LogP contribution in [0.2, 0.25) is 15.1 Å². The molecule has 0 unspecified atom stereocenters. The normalized spacial score (nSPS) is 14.3. The zero-order chi connectivity index (χ0) is 27.3.